The van der Waals surface area contributed by atoms with Crippen molar-refractivity contribution in [3.05, 3.63) is 51.0 Å². The van der Waals surface area contributed by atoms with Gasteiger partial charge in [-0.2, -0.15) is 0 Å². The normalized spacial score (nSPS) is 10.2. The van der Waals surface area contributed by atoms with E-state index in [0.717, 1.165) is 0 Å². The largest absolute Gasteiger partial charge is 0.437 e. The third kappa shape index (κ3) is 2.88. The maximum atomic E-state index is 5.96. The molecule has 2 rings (SSSR count). The van der Waals surface area contributed by atoms with Gasteiger partial charge >= 0.3 is 0 Å². The van der Waals surface area contributed by atoms with Gasteiger partial charge in [0.15, 0.2) is 0 Å². The summed E-state index contributed by atoms with van der Waals surface area (Å²) < 4.78 is 6.21. The third-order valence-electron chi connectivity index (χ3n) is 1.80. The number of nitrogens with zero attached hydrogens (tertiary/aromatic N) is 1. The summed E-state index contributed by atoms with van der Waals surface area (Å²) in [5.41, 5.74) is 0. The first-order valence-electron chi connectivity index (χ1n) is 4.40. The predicted octanol–water partition coefficient (Wildman–Crippen LogP) is 4.94. The topological polar surface area (TPSA) is 22.1 Å². The van der Waals surface area contributed by atoms with E-state index in [0.29, 0.717) is 26.3 Å². The van der Waals surface area contributed by atoms with Crippen molar-refractivity contribution in [2.24, 2.45) is 0 Å². The zero-order valence-electron chi connectivity index (χ0n) is 7.95. The van der Waals surface area contributed by atoms with Crippen LogP contribution >= 0.6 is 39.1 Å². The lowest BCUT2D eigenvalue weighted by Gasteiger charge is -2.06. The highest BCUT2D eigenvalue weighted by atomic mass is 79.9. The van der Waals surface area contributed by atoms with Gasteiger partial charge in [-0.15, -0.1) is 0 Å². The number of pyridine rings is 1. The Bertz CT molecular complexity index is 519. The summed E-state index contributed by atoms with van der Waals surface area (Å²) in [6.45, 7) is 0. The van der Waals surface area contributed by atoms with Crippen LogP contribution in [0.3, 0.4) is 0 Å². The summed E-state index contributed by atoms with van der Waals surface area (Å²) in [6.07, 6.45) is 0. The minimum absolute atomic E-state index is 0.457. The van der Waals surface area contributed by atoms with Gasteiger partial charge in [-0.25, -0.2) is 4.98 Å². The van der Waals surface area contributed by atoms with Crippen molar-refractivity contribution in [3.63, 3.8) is 0 Å². The maximum absolute atomic E-state index is 5.96. The summed E-state index contributed by atoms with van der Waals surface area (Å²) in [7, 11) is 0. The van der Waals surface area contributed by atoms with Crippen molar-refractivity contribution in [1.29, 1.82) is 0 Å². The van der Waals surface area contributed by atoms with E-state index in [1.54, 1.807) is 24.3 Å². The highest BCUT2D eigenvalue weighted by molar-refractivity contribution is 9.10. The van der Waals surface area contributed by atoms with Crippen LogP contribution in [0, 0.1) is 0 Å². The van der Waals surface area contributed by atoms with Crippen LogP contribution in [-0.4, -0.2) is 4.98 Å². The molecule has 0 radical (unpaired) electrons. The summed E-state index contributed by atoms with van der Waals surface area (Å²) in [5.74, 6) is 0.943. The number of hydrogen-bond acceptors (Lipinski definition) is 2. The molecule has 0 spiro atoms. The fraction of sp³-hybridized carbons (Fsp3) is 0. The van der Waals surface area contributed by atoms with Gasteiger partial charge in [-0.3, -0.25) is 0 Å². The van der Waals surface area contributed by atoms with E-state index in [4.69, 9.17) is 27.9 Å². The number of benzene rings is 1. The Hall–Kier alpha value is -0.770. The highest BCUT2D eigenvalue weighted by Crippen LogP contribution is 2.31. The summed E-state index contributed by atoms with van der Waals surface area (Å²) in [6, 6.07) is 10.4. The molecule has 0 saturated carbocycles. The van der Waals surface area contributed by atoms with Crippen LogP contribution in [0.25, 0.3) is 0 Å². The average Bonchev–Trinajstić information content (AvgIpc) is 2.24. The van der Waals surface area contributed by atoms with Crippen LogP contribution in [0.4, 0.5) is 0 Å². The second-order valence-electron chi connectivity index (χ2n) is 2.98. The van der Waals surface area contributed by atoms with Crippen LogP contribution < -0.4 is 4.74 Å². The van der Waals surface area contributed by atoms with Gasteiger partial charge in [0.25, 0.3) is 0 Å². The molecule has 2 nitrogen and oxygen atoms in total. The van der Waals surface area contributed by atoms with Gasteiger partial charge in [0.1, 0.15) is 10.4 Å². The molecule has 0 bridgehead atoms. The molecule has 0 fully saturated rings. The quantitative estimate of drug-likeness (QED) is 0.731. The molecule has 1 heterocycles. The number of hydrogen-bond donors (Lipinski definition) is 0. The molecular formula is C11H6BrCl2NO. The molecule has 0 amide bonds. The standard InChI is InChI=1S/C11H6BrCl2NO/c12-10-2-1-3-11(15-10)16-9-6-7(13)4-5-8(9)14/h1-6H. The Morgan fingerprint density at radius 3 is 2.69 bits per heavy atom. The Morgan fingerprint density at radius 2 is 1.94 bits per heavy atom. The second kappa shape index (κ2) is 5.04. The monoisotopic (exact) mass is 317 g/mol. The van der Waals surface area contributed by atoms with Crippen molar-refractivity contribution in [2.75, 3.05) is 0 Å². The van der Waals surface area contributed by atoms with E-state index in [1.165, 1.54) is 0 Å². The van der Waals surface area contributed by atoms with Gasteiger partial charge in [0.05, 0.1) is 5.02 Å². The van der Waals surface area contributed by atoms with E-state index in [1.807, 2.05) is 12.1 Å². The van der Waals surface area contributed by atoms with Gasteiger partial charge in [-0.05, 0) is 34.1 Å². The first-order valence-corrected chi connectivity index (χ1v) is 5.95. The highest BCUT2D eigenvalue weighted by Gasteiger charge is 2.05. The lowest BCUT2D eigenvalue weighted by molar-refractivity contribution is 0.462. The zero-order chi connectivity index (χ0) is 11.5. The summed E-state index contributed by atoms with van der Waals surface area (Å²) in [5, 5.41) is 1.06. The van der Waals surface area contributed by atoms with E-state index < -0.39 is 0 Å². The van der Waals surface area contributed by atoms with Gasteiger partial charge in [-0.1, -0.05) is 29.3 Å². The smallest absolute Gasteiger partial charge is 0.220 e. The number of halogens is 3. The minimum atomic E-state index is 0.457. The van der Waals surface area contributed by atoms with E-state index in [-0.39, 0.29) is 0 Å². The molecule has 2 aromatic rings. The van der Waals surface area contributed by atoms with Gasteiger partial charge in [0, 0.05) is 17.2 Å². The first kappa shape index (κ1) is 11.7. The third-order valence-corrected chi connectivity index (χ3v) is 2.79. The van der Waals surface area contributed by atoms with Crippen LogP contribution in [0.15, 0.2) is 41.0 Å². The van der Waals surface area contributed by atoms with E-state index in [2.05, 4.69) is 20.9 Å². The van der Waals surface area contributed by atoms with Crippen molar-refractivity contribution in [3.8, 4) is 11.6 Å². The molecule has 0 saturated heterocycles. The SMILES string of the molecule is Clc1ccc(Cl)c(Oc2cccc(Br)n2)c1. The van der Waals surface area contributed by atoms with Crippen molar-refractivity contribution < 1.29 is 4.74 Å². The molecular weight excluding hydrogens is 313 g/mol. The summed E-state index contributed by atoms with van der Waals surface area (Å²) >= 11 is 15.1. The Morgan fingerprint density at radius 1 is 1.12 bits per heavy atom. The fourth-order valence-corrected chi connectivity index (χ4v) is 1.76. The van der Waals surface area contributed by atoms with Crippen molar-refractivity contribution in [1.82, 2.24) is 4.98 Å². The molecule has 0 aliphatic rings. The minimum Gasteiger partial charge on any atom is -0.437 e. The molecule has 16 heavy (non-hydrogen) atoms. The Labute approximate surface area is 111 Å². The molecule has 0 aliphatic heterocycles. The molecule has 0 unspecified atom stereocenters. The summed E-state index contributed by atoms with van der Waals surface area (Å²) in [4.78, 5) is 4.13. The zero-order valence-corrected chi connectivity index (χ0v) is 11.1. The Kier molecular flexibility index (Phi) is 3.69. The van der Waals surface area contributed by atoms with Crippen molar-refractivity contribution >= 4 is 39.1 Å². The second-order valence-corrected chi connectivity index (χ2v) is 4.63. The van der Waals surface area contributed by atoms with Crippen LogP contribution in [0.1, 0.15) is 0 Å². The molecule has 82 valence electrons. The molecule has 1 aromatic heterocycles. The van der Waals surface area contributed by atoms with Crippen LogP contribution in [-0.2, 0) is 0 Å². The molecule has 0 atom stereocenters. The molecule has 0 N–H and O–H groups in total. The van der Waals surface area contributed by atoms with Crippen molar-refractivity contribution in [2.45, 2.75) is 0 Å². The van der Waals surface area contributed by atoms with E-state index >= 15 is 0 Å². The first-order chi connectivity index (χ1) is 7.65. The molecule has 0 aliphatic carbocycles. The fourth-order valence-electron chi connectivity index (χ4n) is 1.11. The average molecular weight is 319 g/mol. The predicted molar refractivity (Wildman–Crippen MR) is 68.5 cm³/mol. The van der Waals surface area contributed by atoms with Crippen LogP contribution in [0.5, 0.6) is 11.6 Å². The lowest BCUT2D eigenvalue weighted by Crippen LogP contribution is -1.88. The van der Waals surface area contributed by atoms with E-state index in [9.17, 15) is 0 Å². The maximum Gasteiger partial charge on any atom is 0.220 e. The molecule has 5 heteroatoms. The number of aromatic nitrogens is 1. The van der Waals surface area contributed by atoms with Gasteiger partial charge in [0.2, 0.25) is 5.88 Å². The number of rotatable bonds is 2. The van der Waals surface area contributed by atoms with Gasteiger partial charge < -0.3 is 4.74 Å². The number of ether oxygens (including phenoxy) is 1. The lowest BCUT2D eigenvalue weighted by atomic mass is 10.3. The molecule has 1 aromatic carbocycles. The van der Waals surface area contributed by atoms with Crippen LogP contribution in [0.2, 0.25) is 10.0 Å². The Balaban J connectivity index is 2.30.